The summed E-state index contributed by atoms with van der Waals surface area (Å²) in [4.78, 5) is 14.1. The SMILES string of the molecule is COB(O)c1cncc(C=O)c1. The van der Waals surface area contributed by atoms with Crippen LogP contribution in [0.2, 0.25) is 0 Å². The molecule has 0 fully saturated rings. The zero-order valence-electron chi connectivity index (χ0n) is 6.60. The standard InChI is InChI=1S/C7H8BNO3/c1-12-8(11)7-2-6(5-10)3-9-4-7/h2-5,11H,1H3. The molecule has 0 unspecified atom stereocenters. The fraction of sp³-hybridized carbons (Fsp3) is 0.143. The van der Waals surface area contributed by atoms with E-state index in [1.165, 1.54) is 25.6 Å². The second kappa shape index (κ2) is 3.99. The van der Waals surface area contributed by atoms with E-state index < -0.39 is 7.12 Å². The Labute approximate surface area is 70.3 Å². The smallest absolute Gasteiger partial charge is 0.423 e. The number of pyridine rings is 1. The van der Waals surface area contributed by atoms with Gasteiger partial charge in [0.15, 0.2) is 6.29 Å². The van der Waals surface area contributed by atoms with Gasteiger partial charge in [0, 0.05) is 30.5 Å². The fourth-order valence-corrected chi connectivity index (χ4v) is 0.812. The van der Waals surface area contributed by atoms with Crippen LogP contribution in [0.3, 0.4) is 0 Å². The molecular weight excluding hydrogens is 157 g/mol. The van der Waals surface area contributed by atoms with Gasteiger partial charge in [-0.05, 0) is 6.07 Å². The molecule has 0 aliphatic carbocycles. The van der Waals surface area contributed by atoms with Gasteiger partial charge in [0.1, 0.15) is 0 Å². The maximum atomic E-state index is 10.3. The third-order valence-electron chi connectivity index (χ3n) is 1.43. The maximum Gasteiger partial charge on any atom is 0.492 e. The van der Waals surface area contributed by atoms with E-state index in [9.17, 15) is 9.82 Å². The number of hydrogen-bond acceptors (Lipinski definition) is 4. The predicted octanol–water partition coefficient (Wildman–Crippen LogP) is -0.772. The van der Waals surface area contributed by atoms with Gasteiger partial charge in [-0.15, -0.1) is 0 Å². The van der Waals surface area contributed by atoms with Gasteiger partial charge in [-0.2, -0.15) is 0 Å². The van der Waals surface area contributed by atoms with Gasteiger partial charge in [-0.1, -0.05) is 0 Å². The lowest BCUT2D eigenvalue weighted by Gasteiger charge is -2.02. The maximum absolute atomic E-state index is 10.3. The molecule has 4 nitrogen and oxygen atoms in total. The minimum absolute atomic E-state index is 0.420. The third kappa shape index (κ3) is 1.90. The first-order valence-corrected chi connectivity index (χ1v) is 3.39. The van der Waals surface area contributed by atoms with Crippen LogP contribution in [0.1, 0.15) is 10.4 Å². The normalized spacial score (nSPS) is 9.50. The van der Waals surface area contributed by atoms with E-state index in [1.807, 2.05) is 0 Å². The molecule has 1 rings (SSSR count). The van der Waals surface area contributed by atoms with Crippen LogP contribution in [0.5, 0.6) is 0 Å². The lowest BCUT2D eigenvalue weighted by atomic mass is 9.80. The molecule has 12 heavy (non-hydrogen) atoms. The van der Waals surface area contributed by atoms with Crippen molar-refractivity contribution >= 4 is 18.9 Å². The number of aldehydes is 1. The Morgan fingerprint density at radius 2 is 2.42 bits per heavy atom. The Morgan fingerprint density at radius 3 is 3.00 bits per heavy atom. The van der Waals surface area contributed by atoms with E-state index in [0.29, 0.717) is 17.3 Å². The van der Waals surface area contributed by atoms with Crippen LogP contribution in [0.25, 0.3) is 0 Å². The average molecular weight is 165 g/mol. The molecule has 1 N–H and O–H groups in total. The number of carbonyl (C=O) groups is 1. The second-order valence-electron chi connectivity index (χ2n) is 2.26. The molecule has 0 saturated carbocycles. The summed E-state index contributed by atoms with van der Waals surface area (Å²) >= 11 is 0. The molecule has 0 spiro atoms. The first kappa shape index (κ1) is 8.90. The van der Waals surface area contributed by atoms with E-state index in [4.69, 9.17) is 0 Å². The lowest BCUT2D eigenvalue weighted by Crippen LogP contribution is -2.32. The summed E-state index contributed by atoms with van der Waals surface area (Å²) < 4.78 is 4.64. The highest BCUT2D eigenvalue weighted by Gasteiger charge is 2.14. The van der Waals surface area contributed by atoms with Crippen LogP contribution in [0, 0.1) is 0 Å². The average Bonchev–Trinajstić information content (AvgIpc) is 2.17. The topological polar surface area (TPSA) is 59.4 Å². The molecule has 62 valence electrons. The highest BCUT2D eigenvalue weighted by Crippen LogP contribution is 1.90. The molecular formula is C7H8BNO3. The fourth-order valence-electron chi connectivity index (χ4n) is 0.812. The van der Waals surface area contributed by atoms with E-state index in [1.54, 1.807) is 0 Å². The molecule has 1 aromatic rings. The van der Waals surface area contributed by atoms with E-state index in [0.717, 1.165) is 0 Å². The lowest BCUT2D eigenvalue weighted by molar-refractivity contribution is 0.112. The van der Waals surface area contributed by atoms with Crippen LogP contribution in [0.4, 0.5) is 0 Å². The van der Waals surface area contributed by atoms with Crippen molar-refractivity contribution in [3.63, 3.8) is 0 Å². The summed E-state index contributed by atoms with van der Waals surface area (Å²) in [5.74, 6) is 0. The Bertz CT molecular complexity index is 279. The largest absolute Gasteiger partial charge is 0.492 e. The van der Waals surface area contributed by atoms with Gasteiger partial charge in [-0.3, -0.25) is 9.78 Å². The number of carbonyl (C=O) groups excluding carboxylic acids is 1. The van der Waals surface area contributed by atoms with Crippen LogP contribution < -0.4 is 5.46 Å². The van der Waals surface area contributed by atoms with Crippen LogP contribution in [-0.4, -0.2) is 30.5 Å². The van der Waals surface area contributed by atoms with Crippen molar-refractivity contribution in [2.24, 2.45) is 0 Å². The highest BCUT2D eigenvalue weighted by molar-refractivity contribution is 6.59. The van der Waals surface area contributed by atoms with Crippen LogP contribution >= 0.6 is 0 Å². The number of nitrogens with zero attached hydrogens (tertiary/aromatic N) is 1. The molecule has 0 bridgehead atoms. The van der Waals surface area contributed by atoms with Crippen molar-refractivity contribution in [1.82, 2.24) is 4.98 Å². The molecule has 0 aliphatic heterocycles. The van der Waals surface area contributed by atoms with Crippen molar-refractivity contribution < 1.29 is 14.5 Å². The van der Waals surface area contributed by atoms with Gasteiger partial charge in [-0.25, -0.2) is 0 Å². The van der Waals surface area contributed by atoms with E-state index >= 15 is 0 Å². The van der Waals surface area contributed by atoms with Gasteiger partial charge in [0.25, 0.3) is 0 Å². The number of rotatable bonds is 3. The van der Waals surface area contributed by atoms with Crippen molar-refractivity contribution in [3.05, 3.63) is 24.0 Å². The van der Waals surface area contributed by atoms with Gasteiger partial charge in [0.2, 0.25) is 0 Å². The van der Waals surface area contributed by atoms with Crippen LogP contribution in [0.15, 0.2) is 18.5 Å². The first-order valence-electron chi connectivity index (χ1n) is 3.39. The van der Waals surface area contributed by atoms with Gasteiger partial charge >= 0.3 is 7.12 Å². The summed E-state index contributed by atoms with van der Waals surface area (Å²) in [5, 5.41) is 9.17. The predicted molar refractivity (Wildman–Crippen MR) is 44.2 cm³/mol. The molecule has 0 amide bonds. The monoisotopic (exact) mass is 165 g/mol. The summed E-state index contributed by atoms with van der Waals surface area (Å²) in [7, 11) is 0.357. The zero-order valence-corrected chi connectivity index (χ0v) is 6.60. The summed E-state index contributed by atoms with van der Waals surface area (Å²) in [6.45, 7) is 0. The number of hydrogen-bond donors (Lipinski definition) is 1. The Hall–Kier alpha value is -1.20. The molecule has 0 aromatic carbocycles. The van der Waals surface area contributed by atoms with Gasteiger partial charge < -0.3 is 9.68 Å². The van der Waals surface area contributed by atoms with E-state index in [2.05, 4.69) is 9.64 Å². The van der Waals surface area contributed by atoms with Crippen LogP contribution in [-0.2, 0) is 4.65 Å². The molecule has 1 heterocycles. The first-order chi connectivity index (χ1) is 5.77. The highest BCUT2D eigenvalue weighted by atomic mass is 16.5. The Kier molecular flexibility index (Phi) is 2.96. The molecule has 0 aliphatic rings. The molecule has 0 radical (unpaired) electrons. The molecule has 0 atom stereocenters. The Balaban J connectivity index is 2.93. The summed E-state index contributed by atoms with van der Waals surface area (Å²) in [5.41, 5.74) is 0.894. The van der Waals surface area contributed by atoms with Gasteiger partial charge in [0.05, 0.1) is 0 Å². The molecule has 1 aromatic heterocycles. The van der Waals surface area contributed by atoms with Crippen molar-refractivity contribution in [2.75, 3.05) is 7.11 Å². The number of aromatic nitrogens is 1. The Morgan fingerprint density at radius 1 is 1.67 bits per heavy atom. The molecule has 0 saturated heterocycles. The minimum atomic E-state index is -1.02. The second-order valence-corrected chi connectivity index (χ2v) is 2.26. The van der Waals surface area contributed by atoms with Crippen molar-refractivity contribution in [3.8, 4) is 0 Å². The third-order valence-corrected chi connectivity index (χ3v) is 1.43. The molecule has 5 heteroatoms. The zero-order chi connectivity index (χ0) is 8.97. The quantitative estimate of drug-likeness (QED) is 0.471. The minimum Gasteiger partial charge on any atom is -0.423 e. The summed E-state index contributed by atoms with van der Waals surface area (Å²) in [6, 6.07) is 1.52. The summed E-state index contributed by atoms with van der Waals surface area (Å²) in [6.07, 6.45) is 3.53. The van der Waals surface area contributed by atoms with Crippen molar-refractivity contribution in [2.45, 2.75) is 0 Å². The van der Waals surface area contributed by atoms with Crippen molar-refractivity contribution in [1.29, 1.82) is 0 Å². The van der Waals surface area contributed by atoms with E-state index in [-0.39, 0.29) is 0 Å².